The van der Waals surface area contributed by atoms with Gasteiger partial charge in [0, 0.05) is 12.3 Å². The predicted octanol–water partition coefficient (Wildman–Crippen LogP) is 1.77. The van der Waals surface area contributed by atoms with Crippen molar-refractivity contribution in [3.63, 3.8) is 0 Å². The summed E-state index contributed by atoms with van der Waals surface area (Å²) in [7, 11) is 0. The van der Waals surface area contributed by atoms with E-state index in [-0.39, 0.29) is 5.69 Å². The minimum atomic E-state index is -0.620. The number of hydrogen-bond donors (Lipinski definition) is 2. The van der Waals surface area contributed by atoms with Crippen molar-refractivity contribution in [3.05, 3.63) is 24.0 Å². The molecule has 1 aromatic carbocycles. The second kappa shape index (κ2) is 5.46. The average Bonchev–Trinajstić information content (AvgIpc) is 2.23. The standard InChI is InChI=1S/C11H15FN2O2/c1-3-16-7(2)11(15)14-10-6-8(13)4-5-9(10)12/h4-7H,3,13H2,1-2H3,(H,14,15). The Hall–Kier alpha value is -1.62. The molecular formula is C11H15FN2O2. The second-order valence-electron chi connectivity index (χ2n) is 3.33. The number of carbonyl (C=O) groups is 1. The molecule has 1 amide bonds. The van der Waals surface area contributed by atoms with Crippen LogP contribution in [0.15, 0.2) is 18.2 Å². The smallest absolute Gasteiger partial charge is 0.253 e. The molecule has 16 heavy (non-hydrogen) atoms. The molecule has 1 unspecified atom stereocenters. The van der Waals surface area contributed by atoms with Crippen LogP contribution in [0.1, 0.15) is 13.8 Å². The van der Waals surface area contributed by atoms with E-state index >= 15 is 0 Å². The Labute approximate surface area is 93.6 Å². The number of nitrogens with one attached hydrogen (secondary N) is 1. The molecule has 0 fully saturated rings. The summed E-state index contributed by atoms with van der Waals surface area (Å²) in [5.41, 5.74) is 5.94. The first-order chi connectivity index (χ1) is 7.54. The molecule has 5 heteroatoms. The number of ether oxygens (including phenoxy) is 1. The fraction of sp³-hybridized carbons (Fsp3) is 0.364. The summed E-state index contributed by atoms with van der Waals surface area (Å²) in [6.07, 6.45) is -0.620. The van der Waals surface area contributed by atoms with Gasteiger partial charge in [0.2, 0.25) is 0 Å². The van der Waals surface area contributed by atoms with Crippen LogP contribution in [0.3, 0.4) is 0 Å². The maximum absolute atomic E-state index is 13.3. The number of rotatable bonds is 4. The first-order valence-electron chi connectivity index (χ1n) is 5.02. The molecule has 0 aliphatic rings. The van der Waals surface area contributed by atoms with Crippen molar-refractivity contribution in [2.75, 3.05) is 17.7 Å². The summed E-state index contributed by atoms with van der Waals surface area (Å²) in [6.45, 7) is 3.81. The summed E-state index contributed by atoms with van der Waals surface area (Å²) >= 11 is 0. The van der Waals surface area contributed by atoms with Gasteiger partial charge in [-0.1, -0.05) is 0 Å². The van der Waals surface area contributed by atoms with E-state index in [0.717, 1.165) is 0 Å². The number of anilines is 2. The molecule has 1 atom stereocenters. The van der Waals surface area contributed by atoms with Crippen LogP contribution in [-0.2, 0) is 9.53 Å². The fourth-order valence-electron chi connectivity index (χ4n) is 1.20. The molecule has 0 aromatic heterocycles. The van der Waals surface area contributed by atoms with Crippen molar-refractivity contribution in [1.82, 2.24) is 0 Å². The highest BCUT2D eigenvalue weighted by molar-refractivity contribution is 5.94. The summed E-state index contributed by atoms with van der Waals surface area (Å²) in [4.78, 5) is 11.5. The van der Waals surface area contributed by atoms with Crippen LogP contribution in [0.4, 0.5) is 15.8 Å². The van der Waals surface area contributed by atoms with Crippen LogP contribution in [0.5, 0.6) is 0 Å². The van der Waals surface area contributed by atoms with Gasteiger partial charge < -0.3 is 15.8 Å². The van der Waals surface area contributed by atoms with Crippen molar-refractivity contribution in [3.8, 4) is 0 Å². The number of benzene rings is 1. The number of nitrogen functional groups attached to an aromatic ring is 1. The van der Waals surface area contributed by atoms with Gasteiger partial charge in [-0.25, -0.2) is 4.39 Å². The highest BCUT2D eigenvalue weighted by atomic mass is 19.1. The van der Waals surface area contributed by atoms with Gasteiger partial charge in [0.15, 0.2) is 0 Å². The highest BCUT2D eigenvalue weighted by Crippen LogP contribution is 2.17. The molecule has 0 aliphatic carbocycles. The molecule has 0 saturated heterocycles. The minimum absolute atomic E-state index is 0.0663. The Kier molecular flexibility index (Phi) is 4.25. The first-order valence-corrected chi connectivity index (χ1v) is 5.02. The number of hydrogen-bond acceptors (Lipinski definition) is 3. The van der Waals surface area contributed by atoms with Crippen LogP contribution in [0.2, 0.25) is 0 Å². The van der Waals surface area contributed by atoms with Crippen molar-refractivity contribution < 1.29 is 13.9 Å². The number of carbonyl (C=O) groups excluding carboxylic acids is 1. The van der Waals surface area contributed by atoms with Crippen LogP contribution in [-0.4, -0.2) is 18.6 Å². The van der Waals surface area contributed by atoms with E-state index in [4.69, 9.17) is 10.5 Å². The quantitative estimate of drug-likeness (QED) is 0.769. The van der Waals surface area contributed by atoms with Gasteiger partial charge in [-0.05, 0) is 32.0 Å². The van der Waals surface area contributed by atoms with Crippen molar-refractivity contribution >= 4 is 17.3 Å². The molecule has 0 heterocycles. The van der Waals surface area contributed by atoms with E-state index in [1.807, 2.05) is 0 Å². The molecule has 0 spiro atoms. The summed E-state index contributed by atoms with van der Waals surface area (Å²) in [6, 6.07) is 4.00. The third-order valence-corrected chi connectivity index (χ3v) is 2.03. The minimum Gasteiger partial charge on any atom is -0.399 e. The van der Waals surface area contributed by atoms with E-state index in [9.17, 15) is 9.18 Å². The van der Waals surface area contributed by atoms with E-state index < -0.39 is 17.8 Å². The zero-order valence-electron chi connectivity index (χ0n) is 9.29. The molecule has 0 radical (unpaired) electrons. The maximum atomic E-state index is 13.3. The monoisotopic (exact) mass is 226 g/mol. The Morgan fingerprint density at radius 3 is 2.94 bits per heavy atom. The van der Waals surface area contributed by atoms with Crippen LogP contribution >= 0.6 is 0 Å². The van der Waals surface area contributed by atoms with Crippen LogP contribution < -0.4 is 11.1 Å². The maximum Gasteiger partial charge on any atom is 0.253 e. The molecule has 3 N–H and O–H groups in total. The van der Waals surface area contributed by atoms with E-state index in [2.05, 4.69) is 5.32 Å². The Balaban J connectivity index is 2.72. The largest absolute Gasteiger partial charge is 0.399 e. The van der Waals surface area contributed by atoms with Gasteiger partial charge in [0.25, 0.3) is 5.91 Å². The van der Waals surface area contributed by atoms with Gasteiger partial charge in [-0.2, -0.15) is 0 Å². The highest BCUT2D eigenvalue weighted by Gasteiger charge is 2.14. The topological polar surface area (TPSA) is 64.3 Å². The number of amides is 1. The third kappa shape index (κ3) is 3.20. The van der Waals surface area contributed by atoms with E-state index in [1.165, 1.54) is 18.2 Å². The SMILES string of the molecule is CCOC(C)C(=O)Nc1cc(N)ccc1F. The Morgan fingerprint density at radius 1 is 1.62 bits per heavy atom. The zero-order valence-corrected chi connectivity index (χ0v) is 9.29. The fourth-order valence-corrected chi connectivity index (χ4v) is 1.20. The Bertz CT molecular complexity index is 382. The van der Waals surface area contributed by atoms with E-state index in [0.29, 0.717) is 12.3 Å². The van der Waals surface area contributed by atoms with Gasteiger partial charge in [0.1, 0.15) is 11.9 Å². The summed E-state index contributed by atoms with van der Waals surface area (Å²) in [5.74, 6) is -0.919. The summed E-state index contributed by atoms with van der Waals surface area (Å²) < 4.78 is 18.3. The van der Waals surface area contributed by atoms with Crippen LogP contribution in [0.25, 0.3) is 0 Å². The summed E-state index contributed by atoms with van der Waals surface area (Å²) in [5, 5.41) is 2.42. The second-order valence-corrected chi connectivity index (χ2v) is 3.33. The molecule has 0 saturated carbocycles. The Morgan fingerprint density at radius 2 is 2.31 bits per heavy atom. The van der Waals surface area contributed by atoms with E-state index in [1.54, 1.807) is 13.8 Å². The van der Waals surface area contributed by atoms with Crippen molar-refractivity contribution in [2.24, 2.45) is 0 Å². The lowest BCUT2D eigenvalue weighted by Crippen LogP contribution is -2.28. The third-order valence-electron chi connectivity index (χ3n) is 2.03. The van der Waals surface area contributed by atoms with Gasteiger partial charge in [-0.15, -0.1) is 0 Å². The molecule has 0 bridgehead atoms. The lowest BCUT2D eigenvalue weighted by Gasteiger charge is -2.12. The van der Waals surface area contributed by atoms with Crippen molar-refractivity contribution in [2.45, 2.75) is 20.0 Å². The molecule has 1 rings (SSSR count). The predicted molar refractivity (Wildman–Crippen MR) is 60.5 cm³/mol. The van der Waals surface area contributed by atoms with Crippen molar-refractivity contribution in [1.29, 1.82) is 0 Å². The number of nitrogens with two attached hydrogens (primary N) is 1. The normalized spacial score (nSPS) is 12.2. The van der Waals surface area contributed by atoms with Gasteiger partial charge >= 0.3 is 0 Å². The molecule has 4 nitrogen and oxygen atoms in total. The van der Waals surface area contributed by atoms with Crippen LogP contribution in [0, 0.1) is 5.82 Å². The zero-order chi connectivity index (χ0) is 12.1. The lowest BCUT2D eigenvalue weighted by atomic mass is 10.2. The molecular weight excluding hydrogens is 211 g/mol. The molecule has 1 aromatic rings. The van der Waals surface area contributed by atoms with Gasteiger partial charge in [-0.3, -0.25) is 4.79 Å². The molecule has 0 aliphatic heterocycles. The van der Waals surface area contributed by atoms with Gasteiger partial charge in [0.05, 0.1) is 5.69 Å². The lowest BCUT2D eigenvalue weighted by molar-refractivity contribution is -0.126. The average molecular weight is 226 g/mol. The number of halogens is 1. The molecule has 88 valence electrons. The first kappa shape index (κ1) is 12.4.